The van der Waals surface area contributed by atoms with Gasteiger partial charge >= 0.3 is 6.18 Å². The van der Waals surface area contributed by atoms with E-state index in [2.05, 4.69) is 5.32 Å². The highest BCUT2D eigenvalue weighted by atomic mass is 32.2. The molecular weight excluding hydrogens is 333 g/mol. The molecule has 0 bridgehead atoms. The van der Waals surface area contributed by atoms with Crippen LogP contribution in [-0.2, 0) is 26.7 Å². The van der Waals surface area contributed by atoms with Gasteiger partial charge in [-0.3, -0.25) is 9.52 Å². The second-order valence-electron chi connectivity index (χ2n) is 5.44. The van der Waals surface area contributed by atoms with Crippen LogP contribution in [0.15, 0.2) is 24.3 Å². The topological polar surface area (TPSA) is 75.3 Å². The van der Waals surface area contributed by atoms with Gasteiger partial charge in [0.25, 0.3) is 0 Å². The first-order chi connectivity index (χ1) is 10.7. The molecule has 9 heteroatoms. The summed E-state index contributed by atoms with van der Waals surface area (Å²) in [5.41, 5.74) is -0.666. The number of halogens is 3. The van der Waals surface area contributed by atoms with Crippen molar-refractivity contribution in [1.82, 2.24) is 10.0 Å². The normalized spacial score (nSPS) is 17.0. The molecule has 0 aliphatic carbocycles. The van der Waals surface area contributed by atoms with Gasteiger partial charge in [0, 0.05) is 5.92 Å². The largest absolute Gasteiger partial charge is 0.416 e. The number of hydrogen-bond acceptors (Lipinski definition) is 4. The molecule has 1 amide bonds. The predicted octanol–water partition coefficient (Wildman–Crippen LogP) is 1.65. The van der Waals surface area contributed by atoms with E-state index >= 15 is 0 Å². The van der Waals surface area contributed by atoms with Gasteiger partial charge in [-0.2, -0.15) is 13.2 Å². The third-order valence-electron chi connectivity index (χ3n) is 3.60. The van der Waals surface area contributed by atoms with Crippen LogP contribution in [0.2, 0.25) is 0 Å². The van der Waals surface area contributed by atoms with E-state index < -0.39 is 33.4 Å². The molecule has 0 aromatic heterocycles. The van der Waals surface area contributed by atoms with E-state index in [1.54, 1.807) is 0 Å². The fourth-order valence-electron chi connectivity index (χ4n) is 2.37. The number of alkyl halides is 3. The standard InChI is InChI=1S/C14H17F3N2O3S/c15-14(16,17)12-3-1-10(2-4-12)9-23(21,22)19-13(20)11-5-7-18-8-6-11/h1-4,11,18H,5-9H2,(H,19,20). The molecule has 1 aromatic carbocycles. The summed E-state index contributed by atoms with van der Waals surface area (Å²) in [6.07, 6.45) is -3.36. The molecule has 1 fully saturated rings. The zero-order valence-electron chi connectivity index (χ0n) is 12.2. The number of rotatable bonds is 4. The zero-order valence-corrected chi connectivity index (χ0v) is 13.0. The molecule has 0 atom stereocenters. The van der Waals surface area contributed by atoms with Crippen LogP contribution in [0.5, 0.6) is 0 Å². The summed E-state index contributed by atoms with van der Waals surface area (Å²) < 4.78 is 63.3. The number of sulfonamides is 1. The van der Waals surface area contributed by atoms with Gasteiger partial charge in [-0.05, 0) is 43.6 Å². The highest BCUT2D eigenvalue weighted by Gasteiger charge is 2.30. The van der Waals surface area contributed by atoms with Crippen molar-refractivity contribution in [2.45, 2.75) is 24.8 Å². The summed E-state index contributed by atoms with van der Waals surface area (Å²) >= 11 is 0. The Labute approximate surface area is 132 Å². The Morgan fingerprint density at radius 1 is 1.17 bits per heavy atom. The van der Waals surface area contributed by atoms with Gasteiger partial charge in [0.1, 0.15) is 0 Å². The van der Waals surface area contributed by atoms with E-state index in [9.17, 15) is 26.4 Å². The van der Waals surface area contributed by atoms with Gasteiger partial charge in [0.2, 0.25) is 15.9 Å². The Morgan fingerprint density at radius 3 is 2.26 bits per heavy atom. The molecular formula is C14H17F3N2O3S. The lowest BCUT2D eigenvalue weighted by molar-refractivity contribution is -0.137. The van der Waals surface area contributed by atoms with Crippen molar-refractivity contribution in [2.75, 3.05) is 13.1 Å². The number of nitrogens with one attached hydrogen (secondary N) is 2. The highest BCUT2D eigenvalue weighted by molar-refractivity contribution is 7.89. The molecule has 2 N–H and O–H groups in total. The van der Waals surface area contributed by atoms with Gasteiger partial charge in [-0.1, -0.05) is 12.1 Å². The molecule has 1 saturated heterocycles. The summed E-state index contributed by atoms with van der Waals surface area (Å²) in [6.45, 7) is 1.30. The monoisotopic (exact) mass is 350 g/mol. The van der Waals surface area contributed by atoms with Crippen molar-refractivity contribution in [3.05, 3.63) is 35.4 Å². The number of carbonyl (C=O) groups excluding carboxylic acids is 1. The summed E-state index contributed by atoms with van der Waals surface area (Å²) in [6, 6.07) is 3.83. The summed E-state index contributed by atoms with van der Waals surface area (Å²) in [5.74, 6) is -1.46. The van der Waals surface area contributed by atoms with Crippen molar-refractivity contribution in [2.24, 2.45) is 5.92 Å². The van der Waals surface area contributed by atoms with E-state index in [1.807, 2.05) is 4.72 Å². The molecule has 0 unspecified atom stereocenters. The minimum Gasteiger partial charge on any atom is -0.317 e. The molecule has 23 heavy (non-hydrogen) atoms. The van der Waals surface area contributed by atoms with E-state index in [0.29, 0.717) is 25.9 Å². The van der Waals surface area contributed by atoms with Crippen LogP contribution in [0.4, 0.5) is 13.2 Å². The zero-order chi connectivity index (χ0) is 17.1. The van der Waals surface area contributed by atoms with Crippen molar-refractivity contribution < 1.29 is 26.4 Å². The fraction of sp³-hybridized carbons (Fsp3) is 0.500. The Bertz CT molecular complexity index is 651. The number of amides is 1. The maximum absolute atomic E-state index is 12.5. The molecule has 1 aliphatic heterocycles. The van der Waals surface area contributed by atoms with E-state index in [-0.39, 0.29) is 11.5 Å². The van der Waals surface area contributed by atoms with Crippen molar-refractivity contribution in [3.8, 4) is 0 Å². The summed E-state index contributed by atoms with van der Waals surface area (Å²) in [4.78, 5) is 11.9. The average molecular weight is 350 g/mol. The lowest BCUT2D eigenvalue weighted by Crippen LogP contribution is -2.41. The first-order valence-electron chi connectivity index (χ1n) is 7.08. The van der Waals surface area contributed by atoms with Crippen LogP contribution in [0.1, 0.15) is 24.0 Å². The number of piperidine rings is 1. The molecule has 0 spiro atoms. The maximum Gasteiger partial charge on any atom is 0.416 e. The van der Waals surface area contributed by atoms with Gasteiger partial charge in [0.05, 0.1) is 11.3 Å². The first kappa shape index (κ1) is 17.7. The highest BCUT2D eigenvalue weighted by Crippen LogP contribution is 2.29. The molecule has 5 nitrogen and oxygen atoms in total. The lowest BCUT2D eigenvalue weighted by atomic mass is 9.98. The number of benzene rings is 1. The van der Waals surface area contributed by atoms with E-state index in [4.69, 9.17) is 0 Å². The van der Waals surface area contributed by atoms with Crippen LogP contribution in [-0.4, -0.2) is 27.4 Å². The van der Waals surface area contributed by atoms with Crippen molar-refractivity contribution >= 4 is 15.9 Å². The van der Waals surface area contributed by atoms with Gasteiger partial charge in [-0.15, -0.1) is 0 Å². The SMILES string of the molecule is O=C(NS(=O)(=O)Cc1ccc(C(F)(F)F)cc1)C1CCNCC1. The maximum atomic E-state index is 12.5. The molecule has 1 aliphatic rings. The van der Waals surface area contributed by atoms with Crippen LogP contribution < -0.4 is 10.0 Å². The second-order valence-corrected chi connectivity index (χ2v) is 7.17. The van der Waals surface area contributed by atoms with Crippen molar-refractivity contribution in [1.29, 1.82) is 0 Å². The predicted molar refractivity (Wildman–Crippen MR) is 77.8 cm³/mol. The Hall–Kier alpha value is -1.61. The van der Waals surface area contributed by atoms with Crippen LogP contribution in [0.25, 0.3) is 0 Å². The second kappa shape index (κ2) is 6.88. The fourth-order valence-corrected chi connectivity index (χ4v) is 3.54. The van der Waals surface area contributed by atoms with Crippen LogP contribution in [0, 0.1) is 5.92 Å². The minimum atomic E-state index is -4.47. The summed E-state index contributed by atoms with van der Waals surface area (Å²) in [5, 5.41) is 3.07. The number of hydrogen-bond donors (Lipinski definition) is 2. The van der Waals surface area contributed by atoms with E-state index in [0.717, 1.165) is 24.3 Å². The first-order valence-corrected chi connectivity index (χ1v) is 8.74. The van der Waals surface area contributed by atoms with Gasteiger partial charge in [0.15, 0.2) is 0 Å². The third kappa shape index (κ3) is 5.21. The summed E-state index contributed by atoms with van der Waals surface area (Å²) in [7, 11) is -3.93. The molecule has 1 aromatic rings. The third-order valence-corrected chi connectivity index (χ3v) is 4.83. The van der Waals surface area contributed by atoms with Gasteiger partial charge < -0.3 is 5.32 Å². The molecule has 128 valence electrons. The quantitative estimate of drug-likeness (QED) is 0.866. The van der Waals surface area contributed by atoms with Crippen LogP contribution in [0.3, 0.4) is 0 Å². The minimum absolute atomic E-state index is 0.184. The lowest BCUT2D eigenvalue weighted by Gasteiger charge is -2.21. The van der Waals surface area contributed by atoms with Crippen LogP contribution >= 0.6 is 0 Å². The van der Waals surface area contributed by atoms with E-state index in [1.165, 1.54) is 0 Å². The number of carbonyl (C=O) groups is 1. The Kier molecular flexibility index (Phi) is 5.30. The van der Waals surface area contributed by atoms with Crippen molar-refractivity contribution in [3.63, 3.8) is 0 Å². The Balaban J connectivity index is 1.99. The molecule has 0 saturated carbocycles. The van der Waals surface area contributed by atoms with Gasteiger partial charge in [-0.25, -0.2) is 8.42 Å². The average Bonchev–Trinajstić information content (AvgIpc) is 2.46. The molecule has 1 heterocycles. The molecule has 2 rings (SSSR count). The Morgan fingerprint density at radius 2 is 1.74 bits per heavy atom. The molecule has 0 radical (unpaired) electrons. The smallest absolute Gasteiger partial charge is 0.317 e.